The van der Waals surface area contributed by atoms with Crippen molar-refractivity contribution < 1.29 is 73.1 Å². The fraction of sp³-hybridized carbons (Fsp3) is 0.735. The number of carbonyl (C=O) groups is 3. The lowest BCUT2D eigenvalue weighted by atomic mass is 9.73. The zero-order valence-electron chi connectivity index (χ0n) is 40.2. The monoisotopic (exact) mass is 920 g/mol. The van der Waals surface area contributed by atoms with Gasteiger partial charge in [-0.1, -0.05) is 77.7 Å². The number of carbonyl (C=O) groups excluding carboxylic acids is 2. The number of hydrogen-bond acceptors (Lipinski definition) is 14. The van der Waals surface area contributed by atoms with E-state index < -0.39 is 97.2 Å². The van der Waals surface area contributed by atoms with E-state index in [9.17, 15) is 39.9 Å². The van der Waals surface area contributed by atoms with Gasteiger partial charge in [0.2, 0.25) is 5.91 Å². The van der Waals surface area contributed by atoms with Gasteiger partial charge in [0.15, 0.2) is 18.7 Å². The van der Waals surface area contributed by atoms with Crippen molar-refractivity contribution in [1.29, 1.82) is 0 Å². The van der Waals surface area contributed by atoms with E-state index in [0.717, 1.165) is 55.2 Å². The van der Waals surface area contributed by atoms with Crippen LogP contribution in [0.2, 0.25) is 0 Å². The molecule has 368 valence electrons. The fourth-order valence-electron chi connectivity index (χ4n) is 9.00. The minimum Gasteiger partial charge on any atom is -0.507 e. The summed E-state index contributed by atoms with van der Waals surface area (Å²) in [6.07, 6.45) is -6.19. The van der Waals surface area contributed by atoms with E-state index in [4.69, 9.17) is 33.2 Å². The summed E-state index contributed by atoms with van der Waals surface area (Å²) in [7, 11) is 0. The summed E-state index contributed by atoms with van der Waals surface area (Å²) in [5.41, 5.74) is 1.58. The second kappa shape index (κ2) is 23.9. The zero-order chi connectivity index (χ0) is 48.4. The second-order valence-electron chi connectivity index (χ2n) is 18.7. The van der Waals surface area contributed by atoms with Gasteiger partial charge in [0.05, 0.1) is 11.2 Å². The number of hydrogen-bond donors (Lipinski definition) is 6. The lowest BCUT2D eigenvalue weighted by Gasteiger charge is -2.49. The lowest BCUT2D eigenvalue weighted by molar-refractivity contribution is -0.354. The Morgan fingerprint density at radius 1 is 0.877 bits per heavy atom. The van der Waals surface area contributed by atoms with E-state index in [2.05, 4.69) is 24.9 Å². The summed E-state index contributed by atoms with van der Waals surface area (Å²) in [4.78, 5) is 39.2. The highest BCUT2D eigenvalue weighted by Crippen LogP contribution is 2.47. The number of phenols is 1. The summed E-state index contributed by atoms with van der Waals surface area (Å²) in [6, 6.07) is 2.16. The first-order valence-electron chi connectivity index (χ1n) is 23.5. The average molecular weight is 920 g/mol. The molecule has 0 radical (unpaired) electrons. The first kappa shape index (κ1) is 54.0. The number of carboxylic acid groups (broad SMARTS) is 1. The number of ether oxygens (including phenoxy) is 7. The third-order valence-electron chi connectivity index (χ3n) is 13.5. The normalized spacial score (nSPS) is 30.4. The number of allylic oxidation sites excluding steroid dienone is 3. The molecule has 13 atom stereocenters. The zero-order valence-corrected chi connectivity index (χ0v) is 40.2. The Morgan fingerprint density at radius 3 is 2.14 bits per heavy atom. The maximum Gasteiger partial charge on any atom is 0.513 e. The van der Waals surface area contributed by atoms with Gasteiger partial charge in [-0.3, -0.25) is 4.79 Å². The number of carboxylic acids is 1. The van der Waals surface area contributed by atoms with Crippen LogP contribution in [-0.4, -0.2) is 123 Å². The molecule has 2 heterocycles. The van der Waals surface area contributed by atoms with E-state index in [1.807, 2.05) is 48.5 Å². The van der Waals surface area contributed by atoms with Gasteiger partial charge in [0.1, 0.15) is 60.8 Å². The van der Waals surface area contributed by atoms with Gasteiger partial charge in [-0.05, 0) is 103 Å². The van der Waals surface area contributed by atoms with Crippen LogP contribution in [0.3, 0.4) is 0 Å². The minimum atomic E-state index is -1.89. The van der Waals surface area contributed by atoms with Gasteiger partial charge in [-0.25, -0.2) is 9.59 Å². The van der Waals surface area contributed by atoms with Crippen molar-refractivity contribution in [2.75, 3.05) is 6.61 Å². The Kier molecular flexibility index (Phi) is 19.9. The molecule has 65 heavy (non-hydrogen) atoms. The van der Waals surface area contributed by atoms with Crippen LogP contribution in [0.1, 0.15) is 150 Å². The molecule has 2 aliphatic heterocycles. The number of aliphatic carboxylic acids is 1. The number of unbranched alkanes of at least 4 members (excludes halogenated alkanes) is 2. The van der Waals surface area contributed by atoms with Crippen molar-refractivity contribution in [3.63, 3.8) is 0 Å². The molecule has 0 saturated carbocycles. The van der Waals surface area contributed by atoms with Gasteiger partial charge in [0.25, 0.3) is 0 Å². The highest BCUT2D eigenvalue weighted by molar-refractivity contribution is 5.74. The van der Waals surface area contributed by atoms with Gasteiger partial charge in [-0.15, -0.1) is 0 Å². The van der Waals surface area contributed by atoms with Crippen LogP contribution in [0, 0.1) is 5.92 Å². The summed E-state index contributed by atoms with van der Waals surface area (Å²) in [5.74, 6) is -2.32. The van der Waals surface area contributed by atoms with E-state index in [-0.39, 0.29) is 23.3 Å². The van der Waals surface area contributed by atoms with Crippen molar-refractivity contribution in [3.8, 4) is 11.5 Å². The predicted molar refractivity (Wildman–Crippen MR) is 241 cm³/mol. The van der Waals surface area contributed by atoms with Crippen LogP contribution in [-0.2, 0) is 44.4 Å². The highest BCUT2D eigenvalue weighted by atomic mass is 16.8. The third-order valence-corrected chi connectivity index (χ3v) is 13.5. The largest absolute Gasteiger partial charge is 0.513 e. The van der Waals surface area contributed by atoms with Crippen LogP contribution >= 0.6 is 0 Å². The molecule has 2 saturated heterocycles. The molecule has 1 aromatic rings. The van der Waals surface area contributed by atoms with Crippen LogP contribution in [0.5, 0.6) is 11.5 Å². The quantitative estimate of drug-likeness (QED) is 0.0295. The minimum absolute atomic E-state index is 0.0184. The molecule has 16 heteroatoms. The molecule has 2 fully saturated rings. The Hall–Kier alpha value is -3.61. The molecular weight excluding hydrogens is 843 g/mol. The number of rotatable bonds is 22. The predicted octanol–water partition coefficient (Wildman–Crippen LogP) is 7.11. The maximum absolute atomic E-state index is 13.8. The summed E-state index contributed by atoms with van der Waals surface area (Å²) < 4.78 is 42.6. The Balaban J connectivity index is 1.69. The van der Waals surface area contributed by atoms with Crippen molar-refractivity contribution in [2.24, 2.45) is 5.92 Å². The summed E-state index contributed by atoms with van der Waals surface area (Å²) in [5, 5.41) is 59.4. The molecule has 0 spiro atoms. The Labute approximate surface area is 385 Å². The molecule has 0 bridgehead atoms. The number of aryl methyl sites for hydroxylation is 1. The summed E-state index contributed by atoms with van der Waals surface area (Å²) in [6.45, 7) is 22.1. The lowest BCUT2D eigenvalue weighted by Crippen LogP contribution is -2.69. The van der Waals surface area contributed by atoms with Crippen molar-refractivity contribution in [1.82, 2.24) is 5.32 Å². The Morgan fingerprint density at radius 2 is 1.55 bits per heavy atom. The average Bonchev–Trinajstić information content (AvgIpc) is 3.24. The number of amides is 1. The molecule has 1 aromatic carbocycles. The van der Waals surface area contributed by atoms with E-state index in [0.29, 0.717) is 37.7 Å². The number of aromatic hydroxyl groups is 1. The van der Waals surface area contributed by atoms with E-state index in [1.165, 1.54) is 6.92 Å². The highest BCUT2D eigenvalue weighted by Gasteiger charge is 2.55. The SMILES string of the molecule is C=C(C)[C@@H]1CCC(C)=C[C@H]1c1c(O)cc(CCCCC)cc1OC(=O)OCC1OC(OC(C)(CC)CCC)C(NC(C)=O)C(OC2OC(C(=O)O)C(OC(C)(CC)CC)C(O)C2O)C1O. The first-order valence-corrected chi connectivity index (χ1v) is 23.5. The van der Waals surface area contributed by atoms with Crippen LogP contribution in [0.25, 0.3) is 0 Å². The molecule has 4 rings (SSSR count). The summed E-state index contributed by atoms with van der Waals surface area (Å²) >= 11 is 0. The molecule has 6 N–H and O–H groups in total. The standard InChI is InChI=1S/C49H77NO15/c1-12-17-18-19-30-24-33(52)36(32-23-28(8)20-21-31(32)27(6)7)34(25-30)61-47(58)59-26-35-38(53)41(37(50-29(9)51)45(60-35)65-49(11,16-5)22-13-2)62-46-40(55)39(54)42(43(63-46)44(56)57)64-48(10,14-3)15-4/h23-25,31-32,35,37-43,45-46,52-55H,6,12-22,26H2,1-5,7-11H3,(H,50,51)(H,56,57)/t31-,32+,35?,37?,38?,39?,40?,41?,42?,43?,45?,46?,49?/m0/s1. The molecule has 11 unspecified atom stereocenters. The topological polar surface area (TPSA) is 229 Å². The Bertz CT molecular complexity index is 1800. The van der Waals surface area contributed by atoms with E-state index in [1.54, 1.807) is 19.1 Å². The van der Waals surface area contributed by atoms with Crippen molar-refractivity contribution in [2.45, 2.75) is 218 Å². The first-order chi connectivity index (χ1) is 30.6. The number of aliphatic hydroxyl groups is 3. The molecule has 1 amide bonds. The van der Waals surface area contributed by atoms with Crippen LogP contribution in [0.15, 0.2) is 35.9 Å². The molecule has 3 aliphatic rings. The van der Waals surface area contributed by atoms with Crippen molar-refractivity contribution in [3.05, 3.63) is 47.1 Å². The molecule has 16 nitrogen and oxygen atoms in total. The number of benzene rings is 1. The number of nitrogens with one attached hydrogen (secondary N) is 1. The van der Waals surface area contributed by atoms with Gasteiger partial charge in [0, 0.05) is 18.4 Å². The van der Waals surface area contributed by atoms with Crippen LogP contribution < -0.4 is 10.1 Å². The molecular formula is C49H77NO15. The molecule has 0 aromatic heterocycles. The number of aliphatic hydroxyl groups excluding tert-OH is 3. The van der Waals surface area contributed by atoms with Gasteiger partial charge >= 0.3 is 12.1 Å². The second-order valence-corrected chi connectivity index (χ2v) is 18.7. The van der Waals surface area contributed by atoms with E-state index >= 15 is 0 Å². The molecule has 1 aliphatic carbocycles. The van der Waals surface area contributed by atoms with Crippen molar-refractivity contribution >= 4 is 18.0 Å². The van der Waals surface area contributed by atoms with Crippen LogP contribution in [0.4, 0.5) is 4.79 Å². The maximum atomic E-state index is 13.8. The third kappa shape index (κ3) is 13.7. The number of phenolic OH excluding ortho intramolecular Hbond substituents is 1. The van der Waals surface area contributed by atoms with Gasteiger partial charge in [-0.2, -0.15) is 0 Å². The smallest absolute Gasteiger partial charge is 0.507 e. The van der Waals surface area contributed by atoms with Gasteiger partial charge < -0.3 is 64.0 Å². The fourth-order valence-corrected chi connectivity index (χ4v) is 9.00.